The van der Waals surface area contributed by atoms with Crippen molar-refractivity contribution in [3.05, 3.63) is 47.2 Å². The van der Waals surface area contributed by atoms with Crippen LogP contribution in [0.1, 0.15) is 43.0 Å². The standard InChI is InChI=1S/C16H19NO3/c1-2-20-16(19)13-10-6-7-11-14(13)17-15(18)12-8-4-3-5-9-12/h3-5,8-9H,2,6-7,10-11H2,1H3,(H,17,18). The molecule has 1 aliphatic rings. The van der Waals surface area contributed by atoms with Crippen LogP contribution in [-0.2, 0) is 9.53 Å². The van der Waals surface area contributed by atoms with Gasteiger partial charge in [-0.05, 0) is 44.7 Å². The summed E-state index contributed by atoms with van der Waals surface area (Å²) in [4.78, 5) is 24.0. The Kier molecular flexibility index (Phi) is 4.93. The summed E-state index contributed by atoms with van der Waals surface area (Å²) in [5.41, 5.74) is 1.92. The van der Waals surface area contributed by atoms with Gasteiger partial charge in [0.25, 0.3) is 5.91 Å². The first kappa shape index (κ1) is 14.3. The topological polar surface area (TPSA) is 55.4 Å². The Labute approximate surface area is 118 Å². The maximum absolute atomic E-state index is 12.1. The van der Waals surface area contributed by atoms with E-state index >= 15 is 0 Å². The van der Waals surface area contributed by atoms with Gasteiger partial charge in [0.2, 0.25) is 0 Å². The number of ether oxygens (including phenoxy) is 1. The maximum Gasteiger partial charge on any atom is 0.335 e. The van der Waals surface area contributed by atoms with Crippen LogP contribution < -0.4 is 5.32 Å². The minimum absolute atomic E-state index is 0.177. The van der Waals surface area contributed by atoms with Crippen LogP contribution in [0.4, 0.5) is 0 Å². The van der Waals surface area contributed by atoms with Crippen molar-refractivity contribution < 1.29 is 14.3 Å². The van der Waals surface area contributed by atoms with Crippen molar-refractivity contribution in [1.82, 2.24) is 5.32 Å². The fraction of sp³-hybridized carbons (Fsp3) is 0.375. The number of amides is 1. The Bertz CT molecular complexity index is 520. The summed E-state index contributed by atoms with van der Waals surface area (Å²) in [6.07, 6.45) is 3.32. The quantitative estimate of drug-likeness (QED) is 0.858. The Balaban J connectivity index is 2.16. The summed E-state index contributed by atoms with van der Waals surface area (Å²) < 4.78 is 5.05. The third kappa shape index (κ3) is 3.47. The van der Waals surface area contributed by atoms with Crippen molar-refractivity contribution in [1.29, 1.82) is 0 Å². The lowest BCUT2D eigenvalue weighted by Gasteiger charge is -2.19. The number of nitrogens with one attached hydrogen (secondary N) is 1. The van der Waals surface area contributed by atoms with E-state index in [1.807, 2.05) is 18.2 Å². The zero-order valence-corrected chi connectivity index (χ0v) is 11.6. The lowest BCUT2D eigenvalue weighted by atomic mass is 9.96. The number of hydrogen-bond acceptors (Lipinski definition) is 3. The van der Waals surface area contributed by atoms with Crippen molar-refractivity contribution in [3.8, 4) is 0 Å². The number of esters is 1. The highest BCUT2D eigenvalue weighted by Crippen LogP contribution is 2.24. The number of allylic oxidation sites excluding steroid dienone is 1. The van der Waals surface area contributed by atoms with Gasteiger partial charge in [-0.15, -0.1) is 0 Å². The minimum atomic E-state index is -0.310. The van der Waals surface area contributed by atoms with E-state index in [1.165, 1.54) is 0 Å². The van der Waals surface area contributed by atoms with Crippen LogP contribution in [0.25, 0.3) is 0 Å². The molecule has 0 atom stereocenters. The zero-order valence-electron chi connectivity index (χ0n) is 11.6. The molecule has 0 unspecified atom stereocenters. The predicted octanol–water partition coefficient (Wildman–Crippen LogP) is 2.81. The van der Waals surface area contributed by atoms with Gasteiger partial charge in [0.05, 0.1) is 12.2 Å². The molecule has 0 saturated heterocycles. The minimum Gasteiger partial charge on any atom is -0.463 e. The highest BCUT2D eigenvalue weighted by molar-refractivity contribution is 5.97. The Morgan fingerprint density at radius 1 is 1.15 bits per heavy atom. The van der Waals surface area contributed by atoms with E-state index in [-0.39, 0.29) is 11.9 Å². The number of carbonyl (C=O) groups is 2. The van der Waals surface area contributed by atoms with E-state index < -0.39 is 0 Å². The van der Waals surface area contributed by atoms with Gasteiger partial charge >= 0.3 is 5.97 Å². The van der Waals surface area contributed by atoms with Gasteiger partial charge in [-0.25, -0.2) is 4.79 Å². The second-order valence-corrected chi connectivity index (χ2v) is 4.70. The molecule has 4 nitrogen and oxygen atoms in total. The second kappa shape index (κ2) is 6.89. The lowest BCUT2D eigenvalue weighted by molar-refractivity contribution is -0.138. The fourth-order valence-electron chi connectivity index (χ4n) is 2.29. The van der Waals surface area contributed by atoms with E-state index in [4.69, 9.17) is 4.74 Å². The molecule has 0 spiro atoms. The fourth-order valence-corrected chi connectivity index (χ4v) is 2.29. The zero-order chi connectivity index (χ0) is 14.4. The molecule has 1 aromatic rings. The Morgan fingerprint density at radius 3 is 2.55 bits per heavy atom. The highest BCUT2D eigenvalue weighted by Gasteiger charge is 2.21. The van der Waals surface area contributed by atoms with Crippen molar-refractivity contribution in [2.45, 2.75) is 32.6 Å². The summed E-state index contributed by atoms with van der Waals surface area (Å²) in [5, 5.41) is 2.86. The SMILES string of the molecule is CCOC(=O)C1=C(NC(=O)c2ccccc2)CCCC1. The largest absolute Gasteiger partial charge is 0.463 e. The van der Waals surface area contributed by atoms with Crippen LogP contribution in [-0.4, -0.2) is 18.5 Å². The van der Waals surface area contributed by atoms with Gasteiger partial charge in [-0.1, -0.05) is 18.2 Å². The molecular formula is C16H19NO3. The molecule has 0 bridgehead atoms. The Morgan fingerprint density at radius 2 is 1.85 bits per heavy atom. The van der Waals surface area contributed by atoms with Gasteiger partial charge in [0.15, 0.2) is 0 Å². The number of carbonyl (C=O) groups excluding carboxylic acids is 2. The monoisotopic (exact) mass is 273 g/mol. The van der Waals surface area contributed by atoms with E-state index in [9.17, 15) is 9.59 Å². The second-order valence-electron chi connectivity index (χ2n) is 4.70. The lowest BCUT2D eigenvalue weighted by Crippen LogP contribution is -2.27. The summed E-state index contributed by atoms with van der Waals surface area (Å²) in [6, 6.07) is 9.00. The molecule has 1 amide bonds. The van der Waals surface area contributed by atoms with E-state index in [0.29, 0.717) is 36.3 Å². The molecule has 1 aromatic carbocycles. The van der Waals surface area contributed by atoms with E-state index in [1.54, 1.807) is 19.1 Å². The molecule has 1 aliphatic carbocycles. The third-order valence-electron chi connectivity index (χ3n) is 3.29. The van der Waals surface area contributed by atoms with E-state index in [0.717, 1.165) is 12.8 Å². The molecule has 2 rings (SSSR count). The van der Waals surface area contributed by atoms with Crippen molar-refractivity contribution in [3.63, 3.8) is 0 Å². The molecule has 1 N–H and O–H groups in total. The molecule has 0 aliphatic heterocycles. The first-order valence-corrected chi connectivity index (χ1v) is 6.98. The van der Waals surface area contributed by atoms with Crippen LogP contribution in [0.15, 0.2) is 41.6 Å². The predicted molar refractivity (Wildman–Crippen MR) is 76.0 cm³/mol. The molecule has 0 saturated carbocycles. The molecule has 20 heavy (non-hydrogen) atoms. The third-order valence-corrected chi connectivity index (χ3v) is 3.29. The molecule has 0 heterocycles. The van der Waals surface area contributed by atoms with Gasteiger partial charge in [-0.3, -0.25) is 4.79 Å². The normalized spacial score (nSPS) is 14.8. The Hall–Kier alpha value is -2.10. The van der Waals surface area contributed by atoms with Crippen LogP contribution in [0, 0.1) is 0 Å². The van der Waals surface area contributed by atoms with Crippen LogP contribution in [0.3, 0.4) is 0 Å². The van der Waals surface area contributed by atoms with Gasteiger partial charge in [0.1, 0.15) is 0 Å². The smallest absolute Gasteiger partial charge is 0.335 e. The van der Waals surface area contributed by atoms with Gasteiger partial charge in [0, 0.05) is 11.3 Å². The molecular weight excluding hydrogens is 254 g/mol. The number of benzene rings is 1. The maximum atomic E-state index is 12.1. The molecule has 0 radical (unpaired) electrons. The van der Waals surface area contributed by atoms with Crippen LogP contribution in [0.2, 0.25) is 0 Å². The van der Waals surface area contributed by atoms with Crippen LogP contribution in [0.5, 0.6) is 0 Å². The van der Waals surface area contributed by atoms with Crippen molar-refractivity contribution in [2.24, 2.45) is 0 Å². The van der Waals surface area contributed by atoms with Crippen LogP contribution >= 0.6 is 0 Å². The molecule has 0 fully saturated rings. The van der Waals surface area contributed by atoms with Crippen molar-refractivity contribution >= 4 is 11.9 Å². The van der Waals surface area contributed by atoms with Gasteiger partial charge < -0.3 is 10.1 Å². The van der Waals surface area contributed by atoms with Gasteiger partial charge in [-0.2, -0.15) is 0 Å². The van der Waals surface area contributed by atoms with Crippen molar-refractivity contribution in [2.75, 3.05) is 6.61 Å². The molecule has 0 aromatic heterocycles. The summed E-state index contributed by atoms with van der Waals surface area (Å²) in [7, 11) is 0. The summed E-state index contributed by atoms with van der Waals surface area (Å²) in [6.45, 7) is 2.13. The highest BCUT2D eigenvalue weighted by atomic mass is 16.5. The number of rotatable bonds is 4. The summed E-state index contributed by atoms with van der Waals surface area (Å²) >= 11 is 0. The first-order chi connectivity index (χ1) is 9.72. The van der Waals surface area contributed by atoms with E-state index in [2.05, 4.69) is 5.32 Å². The average molecular weight is 273 g/mol. The molecule has 4 heteroatoms. The number of hydrogen-bond donors (Lipinski definition) is 1. The molecule has 106 valence electrons. The average Bonchev–Trinajstić information content (AvgIpc) is 2.49. The summed E-state index contributed by atoms with van der Waals surface area (Å²) in [5.74, 6) is -0.486. The first-order valence-electron chi connectivity index (χ1n) is 6.98.